The molecule has 9 heteroatoms. The Bertz CT molecular complexity index is 562. The molecule has 0 fully saturated rings. The Labute approximate surface area is 116 Å². The van der Waals surface area contributed by atoms with Crippen molar-refractivity contribution in [3.63, 3.8) is 0 Å². The minimum Gasteiger partial charge on any atom is -0.370 e. The van der Waals surface area contributed by atoms with Crippen LogP contribution in [0.15, 0.2) is 12.1 Å². The number of halogens is 1. The van der Waals surface area contributed by atoms with Crippen molar-refractivity contribution in [3.8, 4) is 0 Å². The van der Waals surface area contributed by atoms with E-state index < -0.39 is 15.9 Å². The average Bonchev–Trinajstić information content (AvgIpc) is 2.26. The van der Waals surface area contributed by atoms with E-state index >= 15 is 0 Å². The molecule has 106 valence electrons. The van der Waals surface area contributed by atoms with Crippen LogP contribution in [0.2, 0.25) is 5.15 Å². The van der Waals surface area contributed by atoms with Gasteiger partial charge >= 0.3 is 0 Å². The number of anilines is 1. The Kier molecular flexibility index (Phi) is 5.52. The van der Waals surface area contributed by atoms with Gasteiger partial charge in [-0.25, -0.2) is 18.5 Å². The molecular weight excluding hydrogens is 292 g/mol. The van der Waals surface area contributed by atoms with E-state index in [1.807, 2.05) is 6.92 Å². The summed E-state index contributed by atoms with van der Waals surface area (Å²) in [6.07, 6.45) is 0. The van der Waals surface area contributed by atoms with Crippen molar-refractivity contribution in [3.05, 3.63) is 22.8 Å². The van der Waals surface area contributed by atoms with Crippen LogP contribution in [0.1, 0.15) is 17.3 Å². The molecule has 1 heterocycles. The second-order valence-corrected chi connectivity index (χ2v) is 5.84. The van der Waals surface area contributed by atoms with Crippen LogP contribution in [0, 0.1) is 0 Å². The number of primary sulfonamides is 1. The number of nitrogens with zero attached hydrogens (tertiary/aromatic N) is 1. The molecule has 7 nitrogen and oxygen atoms in total. The number of carbonyl (C=O) groups is 1. The molecule has 1 rings (SSSR count). The molecule has 0 aliphatic rings. The molecule has 1 aromatic heterocycles. The molecule has 0 saturated carbocycles. The SMILES string of the molecule is CCNc1cc(C(=O)NCCS(N)(=O)=O)cc(Cl)n1. The highest BCUT2D eigenvalue weighted by atomic mass is 35.5. The lowest BCUT2D eigenvalue weighted by atomic mass is 10.2. The molecule has 19 heavy (non-hydrogen) atoms. The summed E-state index contributed by atoms with van der Waals surface area (Å²) < 4.78 is 21.5. The van der Waals surface area contributed by atoms with Gasteiger partial charge in [-0.2, -0.15) is 0 Å². The first-order valence-electron chi connectivity index (χ1n) is 5.52. The van der Waals surface area contributed by atoms with Gasteiger partial charge in [-0.3, -0.25) is 4.79 Å². The number of amides is 1. The van der Waals surface area contributed by atoms with Crippen LogP contribution in [-0.4, -0.2) is 38.2 Å². The summed E-state index contributed by atoms with van der Waals surface area (Å²) in [5.41, 5.74) is 0.297. The van der Waals surface area contributed by atoms with Crippen LogP contribution in [-0.2, 0) is 10.0 Å². The fourth-order valence-corrected chi connectivity index (χ4v) is 1.90. The Balaban J connectivity index is 2.71. The van der Waals surface area contributed by atoms with Crippen LogP contribution >= 0.6 is 11.6 Å². The van der Waals surface area contributed by atoms with Crippen LogP contribution in [0.5, 0.6) is 0 Å². The standard InChI is InChI=1S/C10H15ClN4O3S/c1-2-13-9-6-7(5-8(11)15-9)10(16)14-3-4-19(12,17)18/h5-6H,2-4H2,1H3,(H,13,15)(H,14,16)(H2,12,17,18). The predicted octanol–water partition coefficient (Wildman–Crippen LogP) is 0.185. The number of hydrogen-bond acceptors (Lipinski definition) is 5. The smallest absolute Gasteiger partial charge is 0.251 e. The second-order valence-electron chi connectivity index (χ2n) is 3.72. The summed E-state index contributed by atoms with van der Waals surface area (Å²) in [5.74, 6) is -0.281. The highest BCUT2D eigenvalue weighted by Crippen LogP contribution is 2.14. The Morgan fingerprint density at radius 1 is 1.47 bits per heavy atom. The van der Waals surface area contributed by atoms with Crippen molar-refractivity contribution in [1.82, 2.24) is 10.3 Å². The highest BCUT2D eigenvalue weighted by molar-refractivity contribution is 7.89. The molecule has 0 saturated heterocycles. The van der Waals surface area contributed by atoms with Crippen molar-refractivity contribution in [2.45, 2.75) is 6.92 Å². The molecule has 0 atom stereocenters. The zero-order valence-corrected chi connectivity index (χ0v) is 11.9. The monoisotopic (exact) mass is 306 g/mol. The van der Waals surface area contributed by atoms with Crippen molar-refractivity contribution in [2.24, 2.45) is 5.14 Å². The average molecular weight is 307 g/mol. The van der Waals surface area contributed by atoms with E-state index in [2.05, 4.69) is 15.6 Å². The van der Waals surface area contributed by atoms with Gasteiger partial charge in [-0.1, -0.05) is 11.6 Å². The number of nitrogens with two attached hydrogens (primary N) is 1. The maximum Gasteiger partial charge on any atom is 0.251 e. The minimum atomic E-state index is -3.59. The number of aromatic nitrogens is 1. The second kappa shape index (κ2) is 6.69. The third-order valence-electron chi connectivity index (χ3n) is 2.09. The number of sulfonamides is 1. The van der Waals surface area contributed by atoms with Crippen molar-refractivity contribution in [2.75, 3.05) is 24.2 Å². The molecule has 0 bridgehead atoms. The van der Waals surface area contributed by atoms with E-state index in [1.54, 1.807) is 0 Å². The largest absolute Gasteiger partial charge is 0.370 e. The van der Waals surface area contributed by atoms with Gasteiger partial charge in [0.25, 0.3) is 5.91 Å². The molecule has 0 aliphatic carbocycles. The van der Waals surface area contributed by atoms with Gasteiger partial charge in [0, 0.05) is 18.7 Å². The van der Waals surface area contributed by atoms with Crippen molar-refractivity contribution in [1.29, 1.82) is 0 Å². The third-order valence-corrected chi connectivity index (χ3v) is 3.05. The number of hydrogen-bond donors (Lipinski definition) is 3. The maximum absolute atomic E-state index is 11.8. The Morgan fingerprint density at radius 2 is 2.16 bits per heavy atom. The van der Waals surface area contributed by atoms with Gasteiger partial charge in [0.15, 0.2) is 0 Å². The normalized spacial score (nSPS) is 11.1. The molecule has 1 amide bonds. The van der Waals surface area contributed by atoms with Gasteiger partial charge in [0.1, 0.15) is 11.0 Å². The van der Waals surface area contributed by atoms with Crippen LogP contribution in [0.25, 0.3) is 0 Å². The fraction of sp³-hybridized carbons (Fsp3) is 0.400. The van der Waals surface area contributed by atoms with E-state index in [4.69, 9.17) is 16.7 Å². The lowest BCUT2D eigenvalue weighted by molar-refractivity contribution is 0.0956. The molecule has 0 aliphatic heterocycles. The highest BCUT2D eigenvalue weighted by Gasteiger charge is 2.10. The van der Waals surface area contributed by atoms with Crippen LogP contribution in [0.3, 0.4) is 0 Å². The predicted molar refractivity (Wildman–Crippen MR) is 73.7 cm³/mol. The molecular formula is C10H15ClN4O3S. The summed E-state index contributed by atoms with van der Waals surface area (Å²) in [5, 5.41) is 10.4. The lowest BCUT2D eigenvalue weighted by Gasteiger charge is -2.07. The van der Waals surface area contributed by atoms with Gasteiger partial charge in [-0.15, -0.1) is 0 Å². The quantitative estimate of drug-likeness (QED) is 0.649. The molecule has 0 unspecified atom stereocenters. The third kappa shape index (κ3) is 5.86. The first-order valence-corrected chi connectivity index (χ1v) is 7.61. The maximum atomic E-state index is 11.8. The topological polar surface area (TPSA) is 114 Å². The van der Waals surface area contributed by atoms with Crippen molar-refractivity contribution >= 4 is 33.3 Å². The van der Waals surface area contributed by atoms with E-state index in [9.17, 15) is 13.2 Å². The number of pyridine rings is 1. The summed E-state index contributed by atoms with van der Waals surface area (Å²) in [4.78, 5) is 15.8. The van der Waals surface area contributed by atoms with Gasteiger partial charge in [-0.05, 0) is 19.1 Å². The van der Waals surface area contributed by atoms with Crippen LogP contribution in [0.4, 0.5) is 5.82 Å². The number of nitrogens with one attached hydrogen (secondary N) is 2. The molecule has 0 radical (unpaired) electrons. The van der Waals surface area contributed by atoms with E-state index in [0.717, 1.165) is 0 Å². The molecule has 4 N–H and O–H groups in total. The lowest BCUT2D eigenvalue weighted by Crippen LogP contribution is -2.31. The number of rotatable bonds is 6. The fourth-order valence-electron chi connectivity index (χ4n) is 1.31. The summed E-state index contributed by atoms with van der Waals surface area (Å²) in [6, 6.07) is 2.93. The van der Waals surface area contributed by atoms with Crippen molar-refractivity contribution < 1.29 is 13.2 Å². The van der Waals surface area contributed by atoms with E-state index in [1.165, 1.54) is 12.1 Å². The summed E-state index contributed by atoms with van der Waals surface area (Å²) in [6.45, 7) is 2.46. The molecule has 0 spiro atoms. The first-order chi connectivity index (χ1) is 8.81. The van der Waals surface area contributed by atoms with Crippen LogP contribution < -0.4 is 15.8 Å². The Morgan fingerprint density at radius 3 is 2.74 bits per heavy atom. The van der Waals surface area contributed by atoms with Gasteiger partial charge in [0.05, 0.1) is 5.75 Å². The summed E-state index contributed by atoms with van der Waals surface area (Å²) >= 11 is 5.79. The summed E-state index contributed by atoms with van der Waals surface area (Å²) in [7, 11) is -3.59. The molecule has 1 aromatic rings. The van der Waals surface area contributed by atoms with E-state index in [0.29, 0.717) is 17.9 Å². The van der Waals surface area contributed by atoms with Gasteiger partial charge in [0.2, 0.25) is 10.0 Å². The van der Waals surface area contributed by atoms with Gasteiger partial charge < -0.3 is 10.6 Å². The first kappa shape index (κ1) is 15.7. The number of carbonyl (C=O) groups excluding carboxylic acids is 1. The van der Waals surface area contributed by atoms with E-state index in [-0.39, 0.29) is 17.5 Å². The molecule has 0 aromatic carbocycles. The zero-order valence-electron chi connectivity index (χ0n) is 10.3. The Hall–Kier alpha value is -1.38. The zero-order chi connectivity index (χ0) is 14.5. The minimum absolute atomic E-state index is 0.0614.